The van der Waals surface area contributed by atoms with E-state index >= 15 is 0 Å². The number of nitrogens with zero attached hydrogens (tertiary/aromatic N) is 2. The van der Waals surface area contributed by atoms with Crippen molar-refractivity contribution in [1.29, 1.82) is 5.26 Å². The standard InChI is InChI=1S/C12H11N3O2/c13-6-1-2-7-15-11(16)8-4-3-5-9(14)10(8)12(15)17/h3-5H,1-2,7,14H2. The van der Waals surface area contributed by atoms with Gasteiger partial charge in [-0.25, -0.2) is 0 Å². The van der Waals surface area contributed by atoms with Crippen molar-refractivity contribution in [1.82, 2.24) is 4.90 Å². The molecule has 2 rings (SSSR count). The summed E-state index contributed by atoms with van der Waals surface area (Å²) in [6.07, 6.45) is 0.810. The van der Waals surface area contributed by atoms with Crippen LogP contribution in [-0.4, -0.2) is 23.3 Å². The zero-order valence-electron chi connectivity index (χ0n) is 9.14. The maximum atomic E-state index is 12.0. The second-order valence-electron chi connectivity index (χ2n) is 3.79. The summed E-state index contributed by atoms with van der Waals surface area (Å²) in [5, 5.41) is 8.43. The summed E-state index contributed by atoms with van der Waals surface area (Å²) in [6.45, 7) is 0.263. The number of nitrogens with two attached hydrogens (primary N) is 1. The lowest BCUT2D eigenvalue weighted by Gasteiger charge is -2.12. The van der Waals surface area contributed by atoms with Crippen LogP contribution < -0.4 is 5.73 Å². The average Bonchev–Trinajstić information content (AvgIpc) is 2.55. The molecule has 0 unspecified atom stereocenters. The van der Waals surface area contributed by atoms with Crippen LogP contribution in [0.5, 0.6) is 0 Å². The molecule has 0 aromatic heterocycles. The van der Waals surface area contributed by atoms with Gasteiger partial charge in [0.05, 0.1) is 17.2 Å². The van der Waals surface area contributed by atoms with E-state index in [0.717, 1.165) is 4.90 Å². The molecular formula is C12H11N3O2. The van der Waals surface area contributed by atoms with Crippen molar-refractivity contribution in [3.8, 4) is 6.07 Å². The lowest BCUT2D eigenvalue weighted by Crippen LogP contribution is -2.30. The number of hydrogen-bond donors (Lipinski definition) is 1. The topological polar surface area (TPSA) is 87.2 Å². The van der Waals surface area contributed by atoms with Gasteiger partial charge in [0.2, 0.25) is 0 Å². The molecule has 0 aliphatic carbocycles. The van der Waals surface area contributed by atoms with Gasteiger partial charge in [0, 0.05) is 18.7 Å². The lowest BCUT2D eigenvalue weighted by molar-refractivity contribution is 0.0653. The van der Waals surface area contributed by atoms with Crippen LogP contribution in [0.2, 0.25) is 0 Å². The molecule has 0 saturated carbocycles. The van der Waals surface area contributed by atoms with Crippen molar-refractivity contribution in [3.05, 3.63) is 29.3 Å². The Hall–Kier alpha value is -2.35. The third-order valence-corrected chi connectivity index (χ3v) is 2.70. The first kappa shape index (κ1) is 11.1. The summed E-state index contributed by atoms with van der Waals surface area (Å²) in [7, 11) is 0. The number of amides is 2. The fourth-order valence-electron chi connectivity index (χ4n) is 1.88. The van der Waals surface area contributed by atoms with Crippen molar-refractivity contribution < 1.29 is 9.59 Å². The van der Waals surface area contributed by atoms with E-state index in [1.165, 1.54) is 0 Å². The Balaban J connectivity index is 2.27. The van der Waals surface area contributed by atoms with Gasteiger partial charge < -0.3 is 5.73 Å². The second kappa shape index (κ2) is 4.26. The minimum Gasteiger partial charge on any atom is -0.398 e. The first-order valence-electron chi connectivity index (χ1n) is 5.28. The van der Waals surface area contributed by atoms with E-state index in [2.05, 4.69) is 0 Å². The van der Waals surface area contributed by atoms with E-state index in [9.17, 15) is 9.59 Å². The molecule has 1 aliphatic rings. The SMILES string of the molecule is N#CCCCN1C(=O)c2cccc(N)c2C1=O. The van der Waals surface area contributed by atoms with Crippen molar-refractivity contribution in [2.24, 2.45) is 0 Å². The van der Waals surface area contributed by atoms with E-state index in [1.807, 2.05) is 6.07 Å². The number of anilines is 1. The van der Waals surface area contributed by atoms with Crippen LogP contribution in [0.25, 0.3) is 0 Å². The third-order valence-electron chi connectivity index (χ3n) is 2.70. The van der Waals surface area contributed by atoms with Gasteiger partial charge in [-0.2, -0.15) is 5.26 Å². The molecular weight excluding hydrogens is 218 g/mol. The van der Waals surface area contributed by atoms with Gasteiger partial charge in [-0.1, -0.05) is 6.07 Å². The Kier molecular flexibility index (Phi) is 2.79. The van der Waals surface area contributed by atoms with Gasteiger partial charge in [0.15, 0.2) is 0 Å². The van der Waals surface area contributed by atoms with Crippen LogP contribution in [0.15, 0.2) is 18.2 Å². The molecule has 17 heavy (non-hydrogen) atoms. The molecule has 0 spiro atoms. The van der Waals surface area contributed by atoms with Crippen molar-refractivity contribution >= 4 is 17.5 Å². The summed E-state index contributed by atoms with van der Waals surface area (Å²) < 4.78 is 0. The van der Waals surface area contributed by atoms with Crippen LogP contribution >= 0.6 is 0 Å². The molecule has 0 bridgehead atoms. The van der Waals surface area contributed by atoms with Crippen LogP contribution in [0, 0.1) is 11.3 Å². The first-order chi connectivity index (χ1) is 8.16. The quantitative estimate of drug-likeness (QED) is 0.478. The summed E-state index contributed by atoms with van der Waals surface area (Å²) in [4.78, 5) is 25.0. The maximum absolute atomic E-state index is 12.0. The third kappa shape index (κ3) is 1.74. The minimum absolute atomic E-state index is 0.263. The number of carbonyl (C=O) groups is 2. The zero-order valence-corrected chi connectivity index (χ0v) is 9.14. The van der Waals surface area contributed by atoms with E-state index < -0.39 is 0 Å². The Bertz CT molecular complexity index is 531. The Labute approximate surface area is 98.4 Å². The van der Waals surface area contributed by atoms with Crippen LogP contribution in [0.1, 0.15) is 33.6 Å². The van der Waals surface area contributed by atoms with E-state index in [4.69, 9.17) is 11.0 Å². The number of rotatable bonds is 3. The molecule has 0 radical (unpaired) electrons. The summed E-state index contributed by atoms with van der Waals surface area (Å²) in [5.74, 6) is -0.684. The fraction of sp³-hybridized carbons (Fsp3) is 0.250. The fourth-order valence-corrected chi connectivity index (χ4v) is 1.88. The average molecular weight is 229 g/mol. The monoisotopic (exact) mass is 229 g/mol. The van der Waals surface area contributed by atoms with Gasteiger partial charge in [-0.3, -0.25) is 14.5 Å². The molecule has 0 atom stereocenters. The molecule has 2 N–H and O–H groups in total. The highest BCUT2D eigenvalue weighted by molar-refractivity contribution is 6.23. The van der Waals surface area contributed by atoms with E-state index in [1.54, 1.807) is 18.2 Å². The van der Waals surface area contributed by atoms with Crippen molar-refractivity contribution in [2.75, 3.05) is 12.3 Å². The summed E-state index contributed by atoms with van der Waals surface area (Å²) in [5.41, 5.74) is 6.65. The molecule has 2 amide bonds. The predicted molar refractivity (Wildman–Crippen MR) is 61.1 cm³/mol. The number of hydrogen-bond acceptors (Lipinski definition) is 4. The second-order valence-corrected chi connectivity index (χ2v) is 3.79. The highest BCUT2D eigenvalue weighted by Crippen LogP contribution is 2.27. The lowest BCUT2D eigenvalue weighted by atomic mass is 10.1. The highest BCUT2D eigenvalue weighted by atomic mass is 16.2. The molecule has 0 saturated heterocycles. The van der Waals surface area contributed by atoms with E-state index in [-0.39, 0.29) is 23.9 Å². The number of benzene rings is 1. The Morgan fingerprint density at radius 1 is 1.29 bits per heavy atom. The minimum atomic E-state index is -0.360. The predicted octanol–water partition coefficient (Wildman–Crippen LogP) is 1.17. The van der Waals surface area contributed by atoms with E-state index in [0.29, 0.717) is 24.1 Å². The molecule has 1 aliphatic heterocycles. The molecule has 1 aromatic rings. The van der Waals surface area contributed by atoms with Crippen molar-refractivity contribution in [2.45, 2.75) is 12.8 Å². The molecule has 0 fully saturated rings. The van der Waals surface area contributed by atoms with Gasteiger partial charge in [0.1, 0.15) is 0 Å². The van der Waals surface area contributed by atoms with Crippen LogP contribution in [0.3, 0.4) is 0 Å². The number of nitriles is 1. The summed E-state index contributed by atoms with van der Waals surface area (Å²) in [6, 6.07) is 6.82. The number of fused-ring (bicyclic) bond motifs is 1. The smallest absolute Gasteiger partial charge is 0.263 e. The molecule has 1 heterocycles. The first-order valence-corrected chi connectivity index (χ1v) is 5.28. The number of unbranched alkanes of at least 4 members (excludes halogenated alkanes) is 1. The maximum Gasteiger partial charge on any atom is 0.263 e. The number of imide groups is 1. The largest absolute Gasteiger partial charge is 0.398 e. The normalized spacial score (nSPS) is 13.7. The van der Waals surface area contributed by atoms with Crippen LogP contribution in [0.4, 0.5) is 5.69 Å². The number of carbonyl (C=O) groups excluding carboxylic acids is 2. The Morgan fingerprint density at radius 2 is 2.06 bits per heavy atom. The molecule has 5 nitrogen and oxygen atoms in total. The summed E-state index contributed by atoms with van der Waals surface area (Å²) >= 11 is 0. The zero-order chi connectivity index (χ0) is 12.4. The molecule has 1 aromatic carbocycles. The number of nitrogen functional groups attached to an aromatic ring is 1. The van der Waals surface area contributed by atoms with Gasteiger partial charge >= 0.3 is 0 Å². The van der Waals surface area contributed by atoms with Gasteiger partial charge in [-0.05, 0) is 18.6 Å². The molecule has 86 valence electrons. The molecule has 5 heteroatoms. The highest BCUT2D eigenvalue weighted by Gasteiger charge is 2.36. The van der Waals surface area contributed by atoms with Gasteiger partial charge in [0.25, 0.3) is 11.8 Å². The van der Waals surface area contributed by atoms with Gasteiger partial charge in [-0.15, -0.1) is 0 Å². The Morgan fingerprint density at radius 3 is 2.71 bits per heavy atom. The van der Waals surface area contributed by atoms with Crippen LogP contribution in [-0.2, 0) is 0 Å². The van der Waals surface area contributed by atoms with Crippen molar-refractivity contribution in [3.63, 3.8) is 0 Å².